The Hall–Kier alpha value is -1.07. The van der Waals surface area contributed by atoms with Crippen molar-refractivity contribution in [1.29, 1.82) is 0 Å². The first-order chi connectivity index (χ1) is 8.13. The van der Waals surface area contributed by atoms with E-state index in [1.807, 2.05) is 18.5 Å². The summed E-state index contributed by atoms with van der Waals surface area (Å²) in [5, 5.41) is 16.9. The van der Waals surface area contributed by atoms with Gasteiger partial charge in [0.15, 0.2) is 0 Å². The van der Waals surface area contributed by atoms with E-state index in [-0.39, 0.29) is 12.6 Å². The Balaban J connectivity index is 2.86. The molecule has 0 amide bonds. The summed E-state index contributed by atoms with van der Waals surface area (Å²) in [4.78, 5) is 0. The van der Waals surface area contributed by atoms with Crippen molar-refractivity contribution in [3.8, 4) is 0 Å². The zero-order valence-corrected chi connectivity index (χ0v) is 11.2. The van der Waals surface area contributed by atoms with Gasteiger partial charge in [0.2, 0.25) is 0 Å². The van der Waals surface area contributed by atoms with Gasteiger partial charge in [0.1, 0.15) is 5.82 Å². The molecule has 1 rings (SSSR count). The number of anilines is 1. The van der Waals surface area contributed by atoms with Crippen LogP contribution in [-0.4, -0.2) is 41.3 Å². The Kier molecular flexibility index (Phi) is 5.44. The number of aliphatic hydroxyl groups is 1. The van der Waals surface area contributed by atoms with Crippen LogP contribution in [0.25, 0.3) is 0 Å². The van der Waals surface area contributed by atoms with E-state index in [0.717, 1.165) is 23.5 Å². The van der Waals surface area contributed by atoms with E-state index in [9.17, 15) is 0 Å². The molecule has 0 aromatic carbocycles. The Bertz CT molecular complexity index is 350. The maximum atomic E-state index is 9.03. The zero-order chi connectivity index (χ0) is 12.8. The van der Waals surface area contributed by atoms with Crippen LogP contribution in [0.2, 0.25) is 0 Å². The van der Waals surface area contributed by atoms with Gasteiger partial charge in [0.05, 0.1) is 31.5 Å². The van der Waals surface area contributed by atoms with Gasteiger partial charge in [-0.25, -0.2) is 4.68 Å². The first-order valence-corrected chi connectivity index (χ1v) is 6.04. The molecule has 2 N–H and O–H groups in total. The number of hydrogen-bond acceptors (Lipinski definition) is 4. The number of aromatic nitrogens is 2. The van der Waals surface area contributed by atoms with E-state index < -0.39 is 0 Å². The third-order valence-electron chi connectivity index (χ3n) is 2.94. The number of rotatable bonds is 7. The molecule has 1 aromatic rings. The summed E-state index contributed by atoms with van der Waals surface area (Å²) in [5.74, 6) is 0.987. The predicted molar refractivity (Wildman–Crippen MR) is 68.4 cm³/mol. The summed E-state index contributed by atoms with van der Waals surface area (Å²) >= 11 is 0. The van der Waals surface area contributed by atoms with Crippen LogP contribution >= 0.6 is 0 Å². The fourth-order valence-corrected chi connectivity index (χ4v) is 1.77. The number of hydrogen-bond donors (Lipinski definition) is 2. The van der Waals surface area contributed by atoms with E-state index >= 15 is 0 Å². The molecular formula is C12H23N3O2. The molecule has 98 valence electrons. The quantitative estimate of drug-likeness (QED) is 0.756. The first kappa shape index (κ1) is 14.0. The normalized spacial score (nSPS) is 12.8. The first-order valence-electron chi connectivity index (χ1n) is 6.04. The highest BCUT2D eigenvalue weighted by atomic mass is 16.5. The number of ether oxygens (including phenoxy) is 1. The number of aryl methyl sites for hydroxylation is 1. The number of nitrogens with zero attached hydrogens (tertiary/aromatic N) is 2. The second kappa shape index (κ2) is 6.61. The van der Waals surface area contributed by atoms with Crippen molar-refractivity contribution in [3.05, 3.63) is 11.3 Å². The molecule has 1 heterocycles. The van der Waals surface area contributed by atoms with Crippen molar-refractivity contribution >= 4 is 5.82 Å². The lowest BCUT2D eigenvalue weighted by atomic mass is 10.2. The number of nitrogens with one attached hydrogen (secondary N) is 1. The zero-order valence-electron chi connectivity index (χ0n) is 11.2. The summed E-state index contributed by atoms with van der Waals surface area (Å²) in [6.07, 6.45) is 0.983. The molecule has 0 saturated heterocycles. The monoisotopic (exact) mass is 241 g/mol. The molecule has 0 aliphatic heterocycles. The molecule has 17 heavy (non-hydrogen) atoms. The maximum Gasteiger partial charge on any atom is 0.127 e. The lowest BCUT2D eigenvalue weighted by molar-refractivity contribution is 0.184. The molecule has 1 atom stereocenters. The van der Waals surface area contributed by atoms with Crippen LogP contribution in [-0.2, 0) is 11.3 Å². The van der Waals surface area contributed by atoms with Crippen LogP contribution in [0.3, 0.4) is 0 Å². The van der Waals surface area contributed by atoms with Crippen molar-refractivity contribution in [3.63, 3.8) is 0 Å². The Morgan fingerprint density at radius 1 is 1.47 bits per heavy atom. The molecule has 0 aliphatic carbocycles. The summed E-state index contributed by atoms with van der Waals surface area (Å²) < 4.78 is 6.99. The maximum absolute atomic E-state index is 9.03. The van der Waals surface area contributed by atoms with Gasteiger partial charge in [-0.15, -0.1) is 0 Å². The summed E-state index contributed by atoms with van der Waals surface area (Å²) in [7, 11) is 1.70. The second-order valence-electron chi connectivity index (χ2n) is 4.21. The van der Waals surface area contributed by atoms with Gasteiger partial charge in [-0.3, -0.25) is 0 Å². The highest BCUT2D eigenvalue weighted by Crippen LogP contribution is 2.19. The molecule has 0 radical (unpaired) electrons. The lowest BCUT2D eigenvalue weighted by Gasteiger charge is -2.18. The van der Waals surface area contributed by atoms with E-state index in [1.54, 1.807) is 7.11 Å². The molecule has 5 nitrogen and oxygen atoms in total. The van der Waals surface area contributed by atoms with Gasteiger partial charge in [-0.05, 0) is 20.3 Å². The van der Waals surface area contributed by atoms with Gasteiger partial charge >= 0.3 is 0 Å². The van der Waals surface area contributed by atoms with E-state index in [4.69, 9.17) is 9.84 Å². The van der Waals surface area contributed by atoms with Gasteiger partial charge in [-0.1, -0.05) is 6.92 Å². The molecule has 0 spiro atoms. The smallest absolute Gasteiger partial charge is 0.127 e. The second-order valence-corrected chi connectivity index (χ2v) is 4.21. The molecule has 0 aliphatic rings. The number of methoxy groups -OCH3 is 1. The lowest BCUT2D eigenvalue weighted by Crippen LogP contribution is -2.26. The largest absolute Gasteiger partial charge is 0.394 e. The molecular weight excluding hydrogens is 218 g/mol. The summed E-state index contributed by atoms with van der Waals surface area (Å²) in [6, 6.07) is 0.271. The van der Waals surface area contributed by atoms with E-state index in [0.29, 0.717) is 13.2 Å². The van der Waals surface area contributed by atoms with Crippen molar-refractivity contribution in [1.82, 2.24) is 9.78 Å². The van der Waals surface area contributed by atoms with Crippen LogP contribution in [0, 0.1) is 13.8 Å². The van der Waals surface area contributed by atoms with Crippen LogP contribution in [0.4, 0.5) is 5.82 Å². The minimum absolute atomic E-state index is 0.0936. The fourth-order valence-electron chi connectivity index (χ4n) is 1.77. The van der Waals surface area contributed by atoms with Gasteiger partial charge < -0.3 is 15.2 Å². The molecule has 0 fully saturated rings. The van der Waals surface area contributed by atoms with Crippen LogP contribution in [0.5, 0.6) is 0 Å². The van der Waals surface area contributed by atoms with Crippen molar-refractivity contribution in [2.24, 2.45) is 0 Å². The van der Waals surface area contributed by atoms with Gasteiger partial charge in [-0.2, -0.15) is 5.10 Å². The minimum Gasteiger partial charge on any atom is -0.394 e. The standard InChI is InChI=1S/C12H23N3O2/c1-5-11(8-17-4)13-12-9(2)10(3)14-15(12)6-7-16/h11,13,16H,5-8H2,1-4H3. The summed E-state index contributed by atoms with van der Waals surface area (Å²) in [6.45, 7) is 7.41. The predicted octanol–water partition coefficient (Wildman–Crippen LogP) is 1.33. The topological polar surface area (TPSA) is 59.3 Å². The summed E-state index contributed by atoms with van der Waals surface area (Å²) in [5.41, 5.74) is 2.13. The fraction of sp³-hybridized carbons (Fsp3) is 0.750. The Labute approximate surface area is 103 Å². The van der Waals surface area contributed by atoms with Gasteiger partial charge in [0.25, 0.3) is 0 Å². The highest BCUT2D eigenvalue weighted by Gasteiger charge is 2.14. The molecule has 5 heteroatoms. The van der Waals surface area contributed by atoms with Crippen molar-refractivity contribution in [2.75, 3.05) is 25.6 Å². The SMILES string of the molecule is CCC(COC)Nc1c(C)c(C)nn1CCO. The molecule has 1 unspecified atom stereocenters. The average molecular weight is 241 g/mol. The average Bonchev–Trinajstić information content (AvgIpc) is 2.56. The molecule has 0 saturated carbocycles. The Morgan fingerprint density at radius 2 is 2.18 bits per heavy atom. The van der Waals surface area contributed by atoms with Crippen molar-refractivity contribution in [2.45, 2.75) is 39.8 Å². The van der Waals surface area contributed by atoms with Crippen molar-refractivity contribution < 1.29 is 9.84 Å². The minimum atomic E-state index is 0.0936. The number of aliphatic hydroxyl groups excluding tert-OH is 1. The van der Waals surface area contributed by atoms with E-state index in [1.165, 1.54) is 0 Å². The van der Waals surface area contributed by atoms with Gasteiger partial charge in [0, 0.05) is 12.7 Å². The van der Waals surface area contributed by atoms with Crippen LogP contribution in [0.1, 0.15) is 24.6 Å². The third-order valence-corrected chi connectivity index (χ3v) is 2.94. The highest BCUT2D eigenvalue weighted by molar-refractivity contribution is 5.47. The third kappa shape index (κ3) is 3.44. The van der Waals surface area contributed by atoms with E-state index in [2.05, 4.69) is 17.3 Å². The molecule has 1 aromatic heterocycles. The van der Waals surface area contributed by atoms with Crippen LogP contribution < -0.4 is 5.32 Å². The Morgan fingerprint density at radius 3 is 2.71 bits per heavy atom. The molecule has 0 bridgehead atoms. The van der Waals surface area contributed by atoms with Crippen LogP contribution in [0.15, 0.2) is 0 Å².